The summed E-state index contributed by atoms with van der Waals surface area (Å²) in [5.74, 6) is 2.62. The first-order valence-electron chi connectivity index (χ1n) is 19.6. The van der Waals surface area contributed by atoms with Gasteiger partial charge in [-0.25, -0.2) is 0 Å². The number of terminal acetylenes is 1. The largest absolute Gasteiger partial charge is 0.115 e. The van der Waals surface area contributed by atoms with Crippen molar-refractivity contribution in [3.05, 3.63) is 211 Å². The molecule has 0 amide bonds. The van der Waals surface area contributed by atoms with Crippen LogP contribution < -0.4 is 0 Å². The molecule has 57 heavy (non-hydrogen) atoms. The minimum absolute atomic E-state index is 1.13. The maximum absolute atomic E-state index is 5.52. The van der Waals surface area contributed by atoms with Crippen molar-refractivity contribution in [3.63, 3.8) is 0 Å². The molecule has 0 bridgehead atoms. The number of allylic oxidation sites excluding steroid dienone is 1. The molecule has 0 spiro atoms. The Balaban J connectivity index is 1.16. The van der Waals surface area contributed by atoms with E-state index in [1.807, 2.05) is 6.08 Å². The van der Waals surface area contributed by atoms with Crippen LogP contribution in [-0.4, -0.2) is 0 Å². The van der Waals surface area contributed by atoms with Crippen LogP contribution in [0.3, 0.4) is 0 Å². The van der Waals surface area contributed by atoms with Gasteiger partial charge in [-0.3, -0.25) is 0 Å². The Labute approximate surface area is 334 Å². The van der Waals surface area contributed by atoms with Gasteiger partial charge in [0.15, 0.2) is 0 Å². The highest BCUT2D eigenvalue weighted by molar-refractivity contribution is 6.23. The zero-order valence-corrected chi connectivity index (χ0v) is 31.7. The Kier molecular flexibility index (Phi) is 8.55. The molecular weight excluding hydrogens is 685 g/mol. The maximum atomic E-state index is 5.52. The van der Waals surface area contributed by atoms with Gasteiger partial charge in [0.05, 0.1) is 0 Å². The van der Waals surface area contributed by atoms with E-state index in [1.165, 1.54) is 104 Å². The van der Waals surface area contributed by atoms with Crippen molar-refractivity contribution in [1.29, 1.82) is 0 Å². The van der Waals surface area contributed by atoms with E-state index in [1.54, 1.807) is 6.08 Å². The third-order valence-corrected chi connectivity index (χ3v) is 11.5. The van der Waals surface area contributed by atoms with E-state index in [0.29, 0.717) is 0 Å². The van der Waals surface area contributed by atoms with Crippen LogP contribution in [0.2, 0.25) is 0 Å². The molecule has 10 aromatic rings. The van der Waals surface area contributed by atoms with E-state index in [2.05, 4.69) is 207 Å². The van der Waals surface area contributed by atoms with Gasteiger partial charge in [0.25, 0.3) is 0 Å². The normalized spacial score (nSPS) is 11.5. The third-order valence-electron chi connectivity index (χ3n) is 11.5. The molecule has 10 aromatic carbocycles. The molecule has 10 rings (SSSR count). The van der Waals surface area contributed by atoms with Gasteiger partial charge in [0.2, 0.25) is 0 Å². The summed E-state index contributed by atoms with van der Waals surface area (Å²) in [7, 11) is 0. The Morgan fingerprint density at radius 1 is 0.351 bits per heavy atom. The van der Waals surface area contributed by atoms with Crippen LogP contribution in [-0.2, 0) is 0 Å². The second kappa shape index (κ2) is 14.3. The van der Waals surface area contributed by atoms with Crippen molar-refractivity contribution < 1.29 is 0 Å². The summed E-state index contributed by atoms with van der Waals surface area (Å²) in [5.41, 5.74) is 14.6. The standard InChI is InChI=1S/C57H38/c1-3-4-18-39-31-36-43(37-38(39)2)44-21-8-9-22-45(44)57-52-29-16-14-27-50(52)56(51-28-15-17-30-53(51)57)42-34-32-41(33-35-42)55-48-25-12-10-23-46(48)54(40-19-6-5-7-20-40)47-24-11-13-26-49(47)55/h1,4-37H,2H3. The summed E-state index contributed by atoms with van der Waals surface area (Å²) in [6, 6.07) is 71.1. The van der Waals surface area contributed by atoms with Gasteiger partial charge in [0, 0.05) is 0 Å². The Bertz CT molecular complexity index is 3110. The monoisotopic (exact) mass is 722 g/mol. The van der Waals surface area contributed by atoms with Crippen LogP contribution in [0.15, 0.2) is 200 Å². The average Bonchev–Trinajstić information content (AvgIpc) is 3.27. The SMILES string of the molecule is C#CC=Cc1ccc(-c2ccccc2-c2c3ccccc3c(-c3ccc(-c4c5ccccc5c(-c5ccccc5)c5ccccc45)cc3)c3ccccc23)cc1C. The van der Waals surface area contributed by atoms with Gasteiger partial charge >= 0.3 is 0 Å². The lowest BCUT2D eigenvalue weighted by atomic mass is 9.83. The lowest BCUT2D eigenvalue weighted by Gasteiger charge is -2.20. The van der Waals surface area contributed by atoms with E-state index in [9.17, 15) is 0 Å². The fraction of sp³-hybridized carbons (Fsp3) is 0.0175. The summed E-state index contributed by atoms with van der Waals surface area (Å²) in [6.45, 7) is 2.15. The zero-order chi connectivity index (χ0) is 38.3. The van der Waals surface area contributed by atoms with Gasteiger partial charge in [0.1, 0.15) is 0 Å². The highest BCUT2D eigenvalue weighted by Crippen LogP contribution is 2.48. The molecule has 0 saturated carbocycles. The molecule has 0 aromatic heterocycles. The topological polar surface area (TPSA) is 0 Å². The summed E-state index contributed by atoms with van der Waals surface area (Å²) in [4.78, 5) is 0. The number of benzene rings is 10. The predicted molar refractivity (Wildman–Crippen MR) is 246 cm³/mol. The van der Waals surface area contributed by atoms with Crippen molar-refractivity contribution >= 4 is 49.2 Å². The highest BCUT2D eigenvalue weighted by atomic mass is 14.2. The first-order chi connectivity index (χ1) is 28.2. The quantitative estimate of drug-likeness (QED) is 0.118. The summed E-state index contributed by atoms with van der Waals surface area (Å²) in [6.07, 6.45) is 9.29. The number of hydrogen-bond acceptors (Lipinski definition) is 0. The van der Waals surface area contributed by atoms with Crippen molar-refractivity contribution in [2.75, 3.05) is 0 Å². The van der Waals surface area contributed by atoms with E-state index < -0.39 is 0 Å². The molecular formula is C57H38. The molecule has 0 aliphatic carbocycles. The van der Waals surface area contributed by atoms with Crippen LogP contribution in [0.4, 0.5) is 0 Å². The van der Waals surface area contributed by atoms with Crippen LogP contribution in [0, 0.1) is 19.3 Å². The van der Waals surface area contributed by atoms with Gasteiger partial charge < -0.3 is 0 Å². The van der Waals surface area contributed by atoms with Crippen LogP contribution in [0.1, 0.15) is 11.1 Å². The van der Waals surface area contributed by atoms with Gasteiger partial charge in [-0.05, 0) is 129 Å². The Morgan fingerprint density at radius 2 is 0.702 bits per heavy atom. The van der Waals surface area contributed by atoms with Crippen LogP contribution in [0.5, 0.6) is 0 Å². The molecule has 266 valence electrons. The zero-order valence-electron chi connectivity index (χ0n) is 31.7. The first-order valence-corrected chi connectivity index (χ1v) is 19.6. The van der Waals surface area contributed by atoms with E-state index in [-0.39, 0.29) is 0 Å². The minimum Gasteiger partial charge on any atom is -0.115 e. The highest BCUT2D eigenvalue weighted by Gasteiger charge is 2.20. The summed E-state index contributed by atoms with van der Waals surface area (Å²) < 4.78 is 0. The number of fused-ring (bicyclic) bond motifs is 4. The average molecular weight is 723 g/mol. The number of hydrogen-bond donors (Lipinski definition) is 0. The van der Waals surface area contributed by atoms with Gasteiger partial charge in [-0.2, -0.15) is 0 Å². The molecule has 0 radical (unpaired) electrons. The second-order valence-electron chi connectivity index (χ2n) is 14.7. The van der Waals surface area contributed by atoms with Crippen LogP contribution in [0.25, 0.3) is 105 Å². The fourth-order valence-corrected chi connectivity index (χ4v) is 9.01. The molecule has 0 aliphatic heterocycles. The van der Waals surface area contributed by atoms with Crippen molar-refractivity contribution in [3.8, 4) is 68.0 Å². The summed E-state index contributed by atoms with van der Waals surface area (Å²) in [5, 5.41) is 10.0. The van der Waals surface area contributed by atoms with Crippen molar-refractivity contribution in [2.24, 2.45) is 0 Å². The minimum atomic E-state index is 1.13. The Hall–Kier alpha value is -7.46. The van der Waals surface area contributed by atoms with Gasteiger partial charge in [-0.15, -0.1) is 6.42 Å². The molecule has 0 saturated heterocycles. The molecule has 0 nitrogen and oxygen atoms in total. The van der Waals surface area contributed by atoms with E-state index in [4.69, 9.17) is 6.42 Å². The summed E-state index contributed by atoms with van der Waals surface area (Å²) >= 11 is 0. The third kappa shape index (κ3) is 5.81. The first kappa shape index (κ1) is 34.1. The van der Waals surface area contributed by atoms with E-state index >= 15 is 0 Å². The van der Waals surface area contributed by atoms with Crippen molar-refractivity contribution in [2.45, 2.75) is 6.92 Å². The molecule has 0 heterocycles. The maximum Gasteiger partial charge on any atom is -0.00201 e. The lowest BCUT2D eigenvalue weighted by molar-refractivity contribution is 1.44. The van der Waals surface area contributed by atoms with Crippen LogP contribution >= 0.6 is 0 Å². The molecule has 0 unspecified atom stereocenters. The van der Waals surface area contributed by atoms with Crippen molar-refractivity contribution in [1.82, 2.24) is 0 Å². The molecule has 0 aliphatic rings. The second-order valence-corrected chi connectivity index (χ2v) is 14.7. The molecule has 0 atom stereocenters. The molecule has 0 N–H and O–H groups in total. The number of rotatable bonds is 6. The van der Waals surface area contributed by atoms with E-state index in [0.717, 1.165) is 5.56 Å². The fourth-order valence-electron chi connectivity index (χ4n) is 9.01. The predicted octanol–water partition coefficient (Wildman–Crippen LogP) is 15.6. The lowest BCUT2D eigenvalue weighted by Crippen LogP contribution is -1.93. The molecule has 0 fully saturated rings. The number of aryl methyl sites for hydroxylation is 1. The molecule has 0 heteroatoms. The Morgan fingerprint density at radius 3 is 1.12 bits per heavy atom. The van der Waals surface area contributed by atoms with Gasteiger partial charge in [-0.1, -0.05) is 200 Å². The smallest absolute Gasteiger partial charge is 0.00201 e.